The van der Waals surface area contributed by atoms with Crippen molar-refractivity contribution in [2.24, 2.45) is 7.05 Å². The van der Waals surface area contributed by atoms with Crippen LogP contribution in [0, 0.1) is 11.8 Å². The van der Waals surface area contributed by atoms with Crippen LogP contribution in [-0.2, 0) is 7.05 Å². The number of benzene rings is 2. The Morgan fingerprint density at radius 1 is 1.03 bits per heavy atom. The lowest BCUT2D eigenvalue weighted by atomic mass is 9.96. The Bertz CT molecular complexity index is 1870. The quantitative estimate of drug-likeness (QED) is 0.315. The Morgan fingerprint density at radius 2 is 1.87 bits per heavy atom. The summed E-state index contributed by atoms with van der Waals surface area (Å²) in [5, 5.41) is 12.7. The standard InChI is InChI=1S/C29H24N8O/c1-18(32-29(38)25-27(30)35-37-16-7-15-31-28(25)37)26-24(19-8-4-3-5-9-19)23-20(10-6-11-22(23)33-26)12-13-21-14-17-36(2)34-21/h3-11,14-18,33H,1-2H3,(H2,30,35)(H,32,38)/t18-/m1/s1. The number of fused-ring (bicyclic) bond motifs is 2. The van der Waals surface area contributed by atoms with Gasteiger partial charge in [-0.15, -0.1) is 5.10 Å². The van der Waals surface area contributed by atoms with E-state index in [0.717, 1.165) is 33.3 Å². The average molecular weight is 501 g/mol. The number of amides is 1. The lowest BCUT2D eigenvalue weighted by Crippen LogP contribution is -2.28. The predicted octanol–water partition coefficient (Wildman–Crippen LogP) is 4.08. The zero-order valence-electron chi connectivity index (χ0n) is 20.8. The van der Waals surface area contributed by atoms with Crippen molar-refractivity contribution in [3.8, 4) is 23.0 Å². The minimum absolute atomic E-state index is 0.125. The first kappa shape index (κ1) is 23.1. The van der Waals surface area contributed by atoms with Gasteiger partial charge in [0.25, 0.3) is 5.91 Å². The number of aromatic amines is 1. The van der Waals surface area contributed by atoms with E-state index in [1.54, 1.807) is 23.1 Å². The van der Waals surface area contributed by atoms with Crippen molar-refractivity contribution in [2.75, 3.05) is 5.73 Å². The predicted molar refractivity (Wildman–Crippen MR) is 146 cm³/mol. The molecule has 9 nitrogen and oxygen atoms in total. The van der Waals surface area contributed by atoms with Crippen LogP contribution in [0.1, 0.15) is 40.3 Å². The zero-order chi connectivity index (χ0) is 26.2. The fraction of sp³-hybridized carbons (Fsp3) is 0.103. The largest absolute Gasteiger partial charge is 0.381 e. The summed E-state index contributed by atoms with van der Waals surface area (Å²) in [6.45, 7) is 1.93. The van der Waals surface area contributed by atoms with Gasteiger partial charge in [0.2, 0.25) is 0 Å². The van der Waals surface area contributed by atoms with Crippen LogP contribution in [0.5, 0.6) is 0 Å². The molecule has 1 atom stereocenters. The number of aryl methyl sites for hydroxylation is 1. The molecule has 0 unspecified atom stereocenters. The number of hydrogen-bond donors (Lipinski definition) is 3. The van der Waals surface area contributed by atoms with Crippen LogP contribution in [0.25, 0.3) is 27.7 Å². The molecule has 0 radical (unpaired) electrons. The van der Waals surface area contributed by atoms with Crippen LogP contribution in [0.15, 0.2) is 79.3 Å². The third-order valence-corrected chi connectivity index (χ3v) is 6.38. The molecule has 0 aliphatic heterocycles. The van der Waals surface area contributed by atoms with E-state index in [9.17, 15) is 4.79 Å². The van der Waals surface area contributed by atoms with E-state index in [1.807, 2.05) is 62.6 Å². The van der Waals surface area contributed by atoms with Gasteiger partial charge in [0.15, 0.2) is 11.5 Å². The highest BCUT2D eigenvalue weighted by Gasteiger charge is 2.25. The summed E-state index contributed by atoms with van der Waals surface area (Å²) in [5.41, 5.74) is 12.1. The number of carbonyl (C=O) groups is 1. The average Bonchev–Trinajstić information content (AvgIpc) is 3.62. The van der Waals surface area contributed by atoms with Crippen molar-refractivity contribution < 1.29 is 4.79 Å². The smallest absolute Gasteiger partial charge is 0.259 e. The minimum atomic E-state index is -0.389. The van der Waals surface area contributed by atoms with Crippen molar-refractivity contribution in [2.45, 2.75) is 13.0 Å². The second-order valence-corrected chi connectivity index (χ2v) is 8.98. The number of nitrogens with zero attached hydrogens (tertiary/aromatic N) is 5. The zero-order valence-corrected chi connectivity index (χ0v) is 20.8. The van der Waals surface area contributed by atoms with Crippen molar-refractivity contribution >= 4 is 28.3 Å². The number of nitrogens with one attached hydrogen (secondary N) is 2. The highest BCUT2D eigenvalue weighted by molar-refractivity contribution is 6.05. The molecular weight excluding hydrogens is 476 g/mol. The highest BCUT2D eigenvalue weighted by Crippen LogP contribution is 2.37. The summed E-state index contributed by atoms with van der Waals surface area (Å²) in [6, 6.07) is 19.3. The van der Waals surface area contributed by atoms with E-state index in [2.05, 4.69) is 49.5 Å². The number of carbonyl (C=O) groups excluding carboxylic acids is 1. The molecule has 0 aliphatic rings. The van der Waals surface area contributed by atoms with Gasteiger partial charge in [-0.2, -0.15) is 5.10 Å². The van der Waals surface area contributed by atoms with E-state index in [1.165, 1.54) is 4.52 Å². The number of rotatable bonds is 4. The molecular formula is C29H24N8O. The third-order valence-electron chi connectivity index (χ3n) is 6.38. The van der Waals surface area contributed by atoms with Gasteiger partial charge in [0, 0.05) is 53.4 Å². The molecule has 9 heteroatoms. The molecule has 4 N–H and O–H groups in total. The molecule has 0 aliphatic carbocycles. The molecule has 0 saturated carbocycles. The summed E-state index contributed by atoms with van der Waals surface area (Å²) in [4.78, 5) is 21.2. The van der Waals surface area contributed by atoms with Crippen molar-refractivity contribution in [3.63, 3.8) is 0 Å². The molecule has 0 spiro atoms. The first-order chi connectivity index (χ1) is 18.5. The molecule has 4 aromatic heterocycles. The van der Waals surface area contributed by atoms with Gasteiger partial charge in [0.05, 0.1) is 6.04 Å². The van der Waals surface area contributed by atoms with Gasteiger partial charge in [-0.3, -0.25) is 9.48 Å². The van der Waals surface area contributed by atoms with Crippen LogP contribution in [0.2, 0.25) is 0 Å². The molecule has 0 saturated heterocycles. The van der Waals surface area contributed by atoms with Crippen molar-refractivity contribution in [1.29, 1.82) is 0 Å². The number of aromatic nitrogens is 6. The summed E-state index contributed by atoms with van der Waals surface area (Å²) in [7, 11) is 1.87. The molecule has 6 rings (SSSR count). The Morgan fingerprint density at radius 3 is 2.66 bits per heavy atom. The van der Waals surface area contributed by atoms with Gasteiger partial charge in [0.1, 0.15) is 11.3 Å². The molecule has 2 aromatic carbocycles. The maximum atomic E-state index is 13.4. The Kier molecular flexibility index (Phi) is 5.62. The second kappa shape index (κ2) is 9.26. The van der Waals surface area contributed by atoms with Gasteiger partial charge in [-0.25, -0.2) is 9.50 Å². The molecule has 6 aromatic rings. The van der Waals surface area contributed by atoms with Crippen LogP contribution in [0.4, 0.5) is 5.82 Å². The SMILES string of the molecule is C[C@@H](NC(=O)c1c(N)nn2cccnc12)c1[nH]c2cccc(C#Cc3ccn(C)n3)c2c1-c1ccccc1. The van der Waals surface area contributed by atoms with Gasteiger partial charge >= 0.3 is 0 Å². The topological polar surface area (TPSA) is 119 Å². The fourth-order valence-electron chi connectivity index (χ4n) is 4.68. The first-order valence-corrected chi connectivity index (χ1v) is 12.1. The number of anilines is 1. The number of H-pyrrole nitrogens is 1. The number of hydrogen-bond acceptors (Lipinski definition) is 5. The third kappa shape index (κ3) is 4.04. The lowest BCUT2D eigenvalue weighted by Gasteiger charge is -2.15. The van der Waals surface area contributed by atoms with Crippen LogP contribution in [0.3, 0.4) is 0 Å². The Hall–Kier alpha value is -5.36. The summed E-state index contributed by atoms with van der Waals surface area (Å²) >= 11 is 0. The molecule has 0 bridgehead atoms. The molecule has 186 valence electrons. The summed E-state index contributed by atoms with van der Waals surface area (Å²) in [5.74, 6) is 6.25. The van der Waals surface area contributed by atoms with E-state index in [4.69, 9.17) is 5.73 Å². The Labute approximate surface area is 218 Å². The number of nitrogen functional groups attached to an aromatic ring is 1. The lowest BCUT2D eigenvalue weighted by molar-refractivity contribution is 0.0941. The fourth-order valence-corrected chi connectivity index (χ4v) is 4.68. The van der Waals surface area contributed by atoms with E-state index in [-0.39, 0.29) is 23.3 Å². The number of nitrogens with two attached hydrogens (primary N) is 1. The van der Waals surface area contributed by atoms with E-state index in [0.29, 0.717) is 11.3 Å². The van der Waals surface area contributed by atoms with E-state index < -0.39 is 0 Å². The maximum absolute atomic E-state index is 13.4. The van der Waals surface area contributed by atoms with Crippen LogP contribution in [-0.4, -0.2) is 35.3 Å². The molecule has 0 fully saturated rings. The van der Waals surface area contributed by atoms with Gasteiger partial charge < -0.3 is 16.0 Å². The molecule has 4 heterocycles. The first-order valence-electron chi connectivity index (χ1n) is 12.1. The van der Waals surface area contributed by atoms with E-state index >= 15 is 0 Å². The maximum Gasteiger partial charge on any atom is 0.259 e. The normalized spacial score (nSPS) is 11.8. The van der Waals surface area contributed by atoms with Crippen LogP contribution >= 0.6 is 0 Å². The second-order valence-electron chi connectivity index (χ2n) is 8.98. The monoisotopic (exact) mass is 500 g/mol. The van der Waals surface area contributed by atoms with Crippen molar-refractivity contribution in [3.05, 3.63) is 102 Å². The highest BCUT2D eigenvalue weighted by atomic mass is 16.1. The molecule has 1 amide bonds. The van der Waals surface area contributed by atoms with Gasteiger partial charge in [-0.1, -0.05) is 42.3 Å². The molecule has 38 heavy (non-hydrogen) atoms. The summed E-state index contributed by atoms with van der Waals surface area (Å²) in [6.07, 6.45) is 5.18. The van der Waals surface area contributed by atoms with Gasteiger partial charge in [-0.05, 0) is 42.7 Å². The minimum Gasteiger partial charge on any atom is -0.381 e. The summed E-state index contributed by atoms with van der Waals surface area (Å²) < 4.78 is 3.23. The van der Waals surface area contributed by atoms with Crippen molar-refractivity contribution in [1.82, 2.24) is 34.7 Å². The van der Waals surface area contributed by atoms with Crippen LogP contribution < -0.4 is 11.1 Å². The Balaban J connectivity index is 1.45.